The number of carbonyl (C=O) groups excluding carboxylic acids is 2. The predicted octanol–water partition coefficient (Wildman–Crippen LogP) is -1.40. The van der Waals surface area contributed by atoms with Crippen molar-refractivity contribution in [2.24, 2.45) is 33.8 Å². The Hall–Kier alpha value is -2.40. The highest BCUT2D eigenvalue weighted by Gasteiger charge is 2.28. The van der Waals surface area contributed by atoms with E-state index in [1.165, 1.54) is 0 Å². The molecular weight excluding hydrogens is 378 g/mol. The van der Waals surface area contributed by atoms with Crippen molar-refractivity contribution in [1.29, 1.82) is 0 Å². The molecule has 11 N–H and O–H groups in total. The van der Waals surface area contributed by atoms with E-state index in [1.807, 2.05) is 13.8 Å². The van der Waals surface area contributed by atoms with Gasteiger partial charge in [-0.3, -0.25) is 14.6 Å². The van der Waals surface area contributed by atoms with Gasteiger partial charge in [-0.2, -0.15) is 0 Å². The predicted molar refractivity (Wildman–Crippen MR) is 112 cm³/mol. The second-order valence-corrected chi connectivity index (χ2v) is 7.11. The van der Waals surface area contributed by atoms with Gasteiger partial charge in [0.25, 0.3) is 0 Å². The third kappa shape index (κ3) is 11.3. The number of aliphatic imine (C=N–C) groups is 1. The number of rotatable bonds is 15. The Balaban J connectivity index is 5.02. The maximum absolute atomic E-state index is 12.7. The first kappa shape index (κ1) is 26.6. The molecule has 0 aromatic rings. The Labute approximate surface area is 172 Å². The maximum atomic E-state index is 12.7. The van der Waals surface area contributed by atoms with Crippen LogP contribution >= 0.6 is 0 Å². The summed E-state index contributed by atoms with van der Waals surface area (Å²) >= 11 is 0. The van der Waals surface area contributed by atoms with Gasteiger partial charge in [0.15, 0.2) is 5.96 Å². The second-order valence-electron chi connectivity index (χ2n) is 7.11. The van der Waals surface area contributed by atoms with Gasteiger partial charge in [0.05, 0.1) is 6.04 Å². The van der Waals surface area contributed by atoms with Crippen molar-refractivity contribution in [2.45, 2.75) is 70.5 Å². The maximum Gasteiger partial charge on any atom is 0.326 e. The number of nitrogens with zero attached hydrogens (tertiary/aromatic N) is 1. The van der Waals surface area contributed by atoms with Gasteiger partial charge in [-0.25, -0.2) is 4.79 Å². The van der Waals surface area contributed by atoms with Gasteiger partial charge in [-0.05, 0) is 44.6 Å². The Bertz CT molecular complexity index is 552. The van der Waals surface area contributed by atoms with Crippen molar-refractivity contribution in [3.63, 3.8) is 0 Å². The molecule has 0 aliphatic rings. The highest BCUT2D eigenvalue weighted by atomic mass is 16.4. The van der Waals surface area contributed by atoms with Crippen LogP contribution in [0.5, 0.6) is 0 Å². The minimum atomic E-state index is -1.17. The minimum Gasteiger partial charge on any atom is -0.480 e. The van der Waals surface area contributed by atoms with E-state index < -0.39 is 35.9 Å². The first-order chi connectivity index (χ1) is 13.6. The lowest BCUT2D eigenvalue weighted by Crippen LogP contribution is -2.55. The fourth-order valence-corrected chi connectivity index (χ4v) is 2.58. The summed E-state index contributed by atoms with van der Waals surface area (Å²) in [5.41, 5.74) is 21.9. The first-order valence-corrected chi connectivity index (χ1v) is 9.98. The molecule has 168 valence electrons. The summed E-state index contributed by atoms with van der Waals surface area (Å²) < 4.78 is 0. The van der Waals surface area contributed by atoms with E-state index in [2.05, 4.69) is 15.6 Å². The van der Waals surface area contributed by atoms with Crippen molar-refractivity contribution in [1.82, 2.24) is 10.6 Å². The highest BCUT2D eigenvalue weighted by Crippen LogP contribution is 2.08. The van der Waals surface area contributed by atoms with Crippen LogP contribution in [-0.2, 0) is 14.4 Å². The summed E-state index contributed by atoms with van der Waals surface area (Å²) in [5.74, 6) is -2.31. The molecule has 0 rings (SSSR count). The summed E-state index contributed by atoms with van der Waals surface area (Å²) in [5, 5.41) is 14.5. The summed E-state index contributed by atoms with van der Waals surface area (Å²) in [6, 6.07) is -2.75. The van der Waals surface area contributed by atoms with Gasteiger partial charge in [0.1, 0.15) is 12.1 Å². The molecule has 0 radical (unpaired) electrons. The highest BCUT2D eigenvalue weighted by molar-refractivity contribution is 5.91. The molecule has 11 heteroatoms. The van der Waals surface area contributed by atoms with Crippen molar-refractivity contribution >= 4 is 23.7 Å². The van der Waals surface area contributed by atoms with E-state index in [0.717, 1.165) is 6.42 Å². The molecule has 2 amide bonds. The fraction of sp³-hybridized carbons (Fsp3) is 0.778. The molecule has 0 bridgehead atoms. The second kappa shape index (κ2) is 14.6. The Kier molecular flexibility index (Phi) is 13.4. The van der Waals surface area contributed by atoms with Gasteiger partial charge >= 0.3 is 5.97 Å². The molecule has 0 aliphatic carbocycles. The number of aliphatic carboxylic acids is 1. The van der Waals surface area contributed by atoms with Gasteiger partial charge in [0.2, 0.25) is 11.8 Å². The standard InChI is InChI=1S/C18H37N7O4/c1-3-11(2)14(20)16(27)24-12(7-4-5-9-19)15(26)25-13(17(28)29)8-6-10-23-18(21)22/h11-14H,3-10,19-20H2,1-2H3,(H,24,27)(H,25,26)(H,28,29)(H4,21,22,23). The third-order valence-corrected chi connectivity index (χ3v) is 4.70. The Morgan fingerprint density at radius 1 is 1.00 bits per heavy atom. The summed E-state index contributed by atoms with van der Waals surface area (Å²) in [7, 11) is 0. The lowest BCUT2D eigenvalue weighted by atomic mass is 9.98. The number of hydrogen-bond donors (Lipinski definition) is 7. The quantitative estimate of drug-likeness (QED) is 0.0956. The van der Waals surface area contributed by atoms with Crippen LogP contribution in [0, 0.1) is 5.92 Å². The van der Waals surface area contributed by atoms with Crippen LogP contribution in [0.15, 0.2) is 4.99 Å². The number of carboxylic acids is 1. The van der Waals surface area contributed by atoms with Crippen LogP contribution in [0.4, 0.5) is 0 Å². The lowest BCUT2D eigenvalue weighted by Gasteiger charge is -2.24. The van der Waals surface area contributed by atoms with E-state index in [4.69, 9.17) is 22.9 Å². The number of carboxylic acid groups (broad SMARTS) is 1. The van der Waals surface area contributed by atoms with Gasteiger partial charge in [-0.1, -0.05) is 20.3 Å². The molecule has 0 heterocycles. The average molecular weight is 416 g/mol. The van der Waals surface area contributed by atoms with Crippen molar-refractivity contribution in [3.05, 3.63) is 0 Å². The molecule has 0 saturated carbocycles. The topological polar surface area (TPSA) is 212 Å². The molecule has 4 unspecified atom stereocenters. The zero-order valence-corrected chi connectivity index (χ0v) is 17.4. The summed E-state index contributed by atoms with van der Waals surface area (Å²) in [6.07, 6.45) is 2.86. The SMILES string of the molecule is CCC(C)C(N)C(=O)NC(CCCCN)C(=O)NC(CCCN=C(N)N)C(=O)O. The summed E-state index contributed by atoms with van der Waals surface area (Å²) in [6.45, 7) is 4.48. The van der Waals surface area contributed by atoms with Crippen LogP contribution in [0.25, 0.3) is 0 Å². The number of amides is 2. The molecule has 11 nitrogen and oxygen atoms in total. The Morgan fingerprint density at radius 2 is 1.59 bits per heavy atom. The van der Waals surface area contributed by atoms with Gasteiger partial charge < -0.3 is 38.7 Å². The van der Waals surface area contributed by atoms with E-state index >= 15 is 0 Å². The summed E-state index contributed by atoms with van der Waals surface area (Å²) in [4.78, 5) is 40.3. The van der Waals surface area contributed by atoms with Crippen LogP contribution in [-0.4, -0.2) is 60.1 Å². The molecular formula is C18H37N7O4. The van der Waals surface area contributed by atoms with Crippen LogP contribution in [0.2, 0.25) is 0 Å². The monoisotopic (exact) mass is 415 g/mol. The third-order valence-electron chi connectivity index (χ3n) is 4.70. The smallest absolute Gasteiger partial charge is 0.326 e. The molecule has 0 saturated heterocycles. The number of guanidine groups is 1. The lowest BCUT2D eigenvalue weighted by molar-refractivity contribution is -0.142. The van der Waals surface area contributed by atoms with Crippen molar-refractivity contribution in [2.75, 3.05) is 13.1 Å². The number of nitrogens with two attached hydrogens (primary N) is 4. The van der Waals surface area contributed by atoms with Crippen LogP contribution in [0.1, 0.15) is 52.4 Å². The molecule has 0 aromatic heterocycles. The molecule has 0 aromatic carbocycles. The molecule has 0 spiro atoms. The van der Waals surface area contributed by atoms with E-state index in [-0.39, 0.29) is 24.8 Å². The normalized spacial score (nSPS) is 14.9. The number of nitrogens with one attached hydrogen (secondary N) is 2. The van der Waals surface area contributed by atoms with Gasteiger partial charge in [-0.15, -0.1) is 0 Å². The van der Waals surface area contributed by atoms with Crippen LogP contribution < -0.4 is 33.6 Å². The molecule has 29 heavy (non-hydrogen) atoms. The fourth-order valence-electron chi connectivity index (χ4n) is 2.58. The zero-order chi connectivity index (χ0) is 22.4. The minimum absolute atomic E-state index is 0.0509. The van der Waals surface area contributed by atoms with E-state index in [9.17, 15) is 19.5 Å². The van der Waals surface area contributed by atoms with Gasteiger partial charge in [0, 0.05) is 6.54 Å². The number of hydrogen-bond acceptors (Lipinski definition) is 6. The molecule has 4 atom stereocenters. The number of unbranched alkanes of at least 4 members (excludes halogenated alkanes) is 1. The van der Waals surface area contributed by atoms with Crippen molar-refractivity contribution in [3.8, 4) is 0 Å². The van der Waals surface area contributed by atoms with E-state index in [1.54, 1.807) is 0 Å². The molecule has 0 aliphatic heterocycles. The average Bonchev–Trinajstić information content (AvgIpc) is 2.67. The van der Waals surface area contributed by atoms with Crippen LogP contribution in [0.3, 0.4) is 0 Å². The van der Waals surface area contributed by atoms with E-state index in [0.29, 0.717) is 32.2 Å². The largest absolute Gasteiger partial charge is 0.480 e. The van der Waals surface area contributed by atoms with Crippen molar-refractivity contribution < 1.29 is 19.5 Å². The number of carbonyl (C=O) groups is 3. The zero-order valence-electron chi connectivity index (χ0n) is 17.4. The molecule has 0 fully saturated rings. The Morgan fingerprint density at radius 3 is 2.10 bits per heavy atom. The first-order valence-electron chi connectivity index (χ1n) is 9.98.